The van der Waals surface area contributed by atoms with Crippen molar-refractivity contribution >= 4 is 27.7 Å². The van der Waals surface area contributed by atoms with Crippen LogP contribution in [0.25, 0.3) is 11.3 Å². The van der Waals surface area contributed by atoms with Gasteiger partial charge in [0.2, 0.25) is 0 Å². The molecular weight excluding hydrogens is 362 g/mol. The van der Waals surface area contributed by atoms with Crippen LogP contribution in [0.3, 0.4) is 0 Å². The maximum Gasteiger partial charge on any atom is 0.269 e. The second kappa shape index (κ2) is 5.81. The van der Waals surface area contributed by atoms with Gasteiger partial charge in [0.15, 0.2) is 5.16 Å². The van der Waals surface area contributed by atoms with Crippen LogP contribution >= 0.6 is 27.7 Å². The fraction of sp³-hybridized carbons (Fsp3) is 0.438. The lowest BCUT2D eigenvalue weighted by atomic mass is 9.91. The molecule has 0 N–H and O–H groups in total. The van der Waals surface area contributed by atoms with Gasteiger partial charge in [0, 0.05) is 35.2 Å². The van der Waals surface area contributed by atoms with Crippen LogP contribution in [0.5, 0.6) is 0 Å². The van der Waals surface area contributed by atoms with Crippen molar-refractivity contribution in [2.45, 2.75) is 44.3 Å². The molecule has 0 aliphatic carbocycles. The van der Waals surface area contributed by atoms with E-state index in [0.29, 0.717) is 10.2 Å². The number of hydrogen-bond donors (Lipinski definition) is 0. The number of fused-ring (bicyclic) bond motifs is 1. The third-order valence-corrected chi connectivity index (χ3v) is 5.42. The molecule has 0 aromatic carbocycles. The predicted molar refractivity (Wildman–Crippen MR) is 93.5 cm³/mol. The van der Waals surface area contributed by atoms with Gasteiger partial charge in [-0.15, -0.1) is 0 Å². The van der Waals surface area contributed by atoms with Crippen LogP contribution in [-0.4, -0.2) is 20.3 Å². The molecule has 3 rings (SSSR count). The minimum Gasteiger partial charge on any atom is -0.287 e. The van der Waals surface area contributed by atoms with Gasteiger partial charge in [0.1, 0.15) is 4.47 Å². The van der Waals surface area contributed by atoms with Crippen molar-refractivity contribution in [1.82, 2.24) is 14.5 Å². The molecule has 0 bridgehead atoms. The molecule has 2 aromatic heterocycles. The maximum atomic E-state index is 12.5. The number of hydrogen-bond acceptors (Lipinski definition) is 4. The van der Waals surface area contributed by atoms with E-state index in [0.717, 1.165) is 35.1 Å². The van der Waals surface area contributed by atoms with Gasteiger partial charge >= 0.3 is 0 Å². The third-order valence-electron chi connectivity index (χ3n) is 3.64. The SMILES string of the molecule is CC(C)(C)c1ccc(-c2nc3n(c(=O)c2Br)CCCS3)cn1. The Morgan fingerprint density at radius 2 is 2.09 bits per heavy atom. The molecule has 0 unspecified atom stereocenters. The summed E-state index contributed by atoms with van der Waals surface area (Å²) in [6, 6.07) is 4.00. The zero-order valence-corrected chi connectivity index (χ0v) is 15.3. The highest BCUT2D eigenvalue weighted by Crippen LogP contribution is 2.29. The molecule has 0 saturated heterocycles. The topological polar surface area (TPSA) is 47.8 Å². The standard InChI is InChI=1S/C16H18BrN3OS/c1-16(2,3)11-6-5-10(9-18-11)13-12(17)14(21)20-7-4-8-22-15(20)19-13/h5-6,9H,4,7-8H2,1-3H3. The van der Waals surface area contributed by atoms with Crippen molar-refractivity contribution in [2.75, 3.05) is 5.75 Å². The van der Waals surface area contributed by atoms with E-state index in [9.17, 15) is 4.79 Å². The molecule has 0 saturated carbocycles. The van der Waals surface area contributed by atoms with Crippen LogP contribution in [0.1, 0.15) is 32.9 Å². The second-order valence-electron chi connectivity index (χ2n) is 6.40. The van der Waals surface area contributed by atoms with E-state index in [1.54, 1.807) is 22.5 Å². The summed E-state index contributed by atoms with van der Waals surface area (Å²) in [4.78, 5) is 21.7. The molecule has 0 atom stereocenters. The highest BCUT2D eigenvalue weighted by molar-refractivity contribution is 9.10. The van der Waals surface area contributed by atoms with Crippen molar-refractivity contribution in [2.24, 2.45) is 0 Å². The molecule has 116 valence electrons. The van der Waals surface area contributed by atoms with Crippen LogP contribution in [0, 0.1) is 0 Å². The largest absolute Gasteiger partial charge is 0.287 e. The number of halogens is 1. The second-order valence-corrected chi connectivity index (χ2v) is 8.25. The van der Waals surface area contributed by atoms with Gasteiger partial charge in [0.05, 0.1) is 5.69 Å². The van der Waals surface area contributed by atoms with Gasteiger partial charge in [-0.25, -0.2) is 4.98 Å². The quantitative estimate of drug-likeness (QED) is 0.705. The molecule has 1 aliphatic rings. The lowest BCUT2D eigenvalue weighted by molar-refractivity contribution is 0.561. The maximum absolute atomic E-state index is 12.5. The lowest BCUT2D eigenvalue weighted by Crippen LogP contribution is -2.27. The Morgan fingerprint density at radius 3 is 2.73 bits per heavy atom. The first kappa shape index (κ1) is 15.7. The van der Waals surface area contributed by atoms with Gasteiger partial charge in [0.25, 0.3) is 5.56 Å². The van der Waals surface area contributed by atoms with Crippen molar-refractivity contribution < 1.29 is 0 Å². The van der Waals surface area contributed by atoms with Crippen molar-refractivity contribution in [3.8, 4) is 11.3 Å². The van der Waals surface area contributed by atoms with E-state index >= 15 is 0 Å². The molecule has 1 aliphatic heterocycles. The highest BCUT2D eigenvalue weighted by atomic mass is 79.9. The summed E-state index contributed by atoms with van der Waals surface area (Å²) in [5, 5.41) is 0.800. The summed E-state index contributed by atoms with van der Waals surface area (Å²) in [5.74, 6) is 1.01. The zero-order chi connectivity index (χ0) is 15.9. The average molecular weight is 380 g/mol. The van der Waals surface area contributed by atoms with E-state index in [4.69, 9.17) is 0 Å². The first-order chi connectivity index (χ1) is 10.4. The van der Waals surface area contributed by atoms with Gasteiger partial charge in [-0.2, -0.15) is 0 Å². The van der Waals surface area contributed by atoms with E-state index in [2.05, 4.69) is 46.7 Å². The number of nitrogens with zero attached hydrogens (tertiary/aromatic N) is 3. The van der Waals surface area contributed by atoms with Crippen molar-refractivity contribution in [3.05, 3.63) is 38.9 Å². The third kappa shape index (κ3) is 2.86. The molecule has 0 amide bonds. The summed E-state index contributed by atoms with van der Waals surface area (Å²) in [7, 11) is 0. The summed E-state index contributed by atoms with van der Waals surface area (Å²) >= 11 is 5.06. The van der Waals surface area contributed by atoms with E-state index in [1.165, 1.54) is 0 Å². The fourth-order valence-corrected chi connectivity index (χ4v) is 3.85. The minimum atomic E-state index is -0.00732. The molecule has 3 heterocycles. The monoisotopic (exact) mass is 379 g/mol. The summed E-state index contributed by atoms with van der Waals surface area (Å²) in [6.45, 7) is 7.13. The molecule has 4 nitrogen and oxygen atoms in total. The molecular formula is C16H18BrN3OS. The number of thioether (sulfide) groups is 1. The summed E-state index contributed by atoms with van der Waals surface area (Å²) in [5.41, 5.74) is 2.57. The minimum absolute atomic E-state index is 0.00732. The first-order valence-electron chi connectivity index (χ1n) is 7.28. The van der Waals surface area contributed by atoms with Gasteiger partial charge in [-0.05, 0) is 34.5 Å². The van der Waals surface area contributed by atoms with Gasteiger partial charge in [-0.3, -0.25) is 14.3 Å². The Kier molecular flexibility index (Phi) is 4.16. The Morgan fingerprint density at radius 1 is 1.32 bits per heavy atom. The van der Waals surface area contributed by atoms with Gasteiger partial charge < -0.3 is 0 Å². The molecule has 2 aromatic rings. The summed E-state index contributed by atoms with van der Waals surface area (Å²) in [6.07, 6.45) is 2.81. The smallest absolute Gasteiger partial charge is 0.269 e. The Bertz CT molecular complexity index is 763. The van der Waals surface area contributed by atoms with Crippen LogP contribution in [0.2, 0.25) is 0 Å². The highest BCUT2D eigenvalue weighted by Gasteiger charge is 2.20. The Balaban J connectivity index is 2.09. The Labute approximate surface area is 142 Å². The normalized spacial score (nSPS) is 14.7. The number of pyridine rings is 1. The molecule has 0 fully saturated rings. The summed E-state index contributed by atoms with van der Waals surface area (Å²) < 4.78 is 2.27. The van der Waals surface area contributed by atoms with Crippen molar-refractivity contribution in [3.63, 3.8) is 0 Å². The molecule has 0 radical (unpaired) electrons. The zero-order valence-electron chi connectivity index (χ0n) is 12.9. The fourth-order valence-electron chi connectivity index (χ4n) is 2.37. The van der Waals surface area contributed by atoms with E-state index in [-0.39, 0.29) is 11.0 Å². The van der Waals surface area contributed by atoms with Crippen LogP contribution in [0.15, 0.2) is 32.8 Å². The van der Waals surface area contributed by atoms with Crippen LogP contribution in [0.4, 0.5) is 0 Å². The molecule has 6 heteroatoms. The predicted octanol–water partition coefficient (Wildman–Crippen LogP) is 3.86. The van der Waals surface area contributed by atoms with Gasteiger partial charge in [-0.1, -0.05) is 32.5 Å². The lowest BCUT2D eigenvalue weighted by Gasteiger charge is -2.19. The molecule has 0 spiro atoms. The van der Waals surface area contributed by atoms with E-state index in [1.807, 2.05) is 12.1 Å². The Hall–Kier alpha value is -1.14. The van der Waals surface area contributed by atoms with Crippen LogP contribution in [-0.2, 0) is 12.0 Å². The van der Waals surface area contributed by atoms with Crippen molar-refractivity contribution in [1.29, 1.82) is 0 Å². The average Bonchev–Trinajstić information content (AvgIpc) is 2.50. The number of aromatic nitrogens is 3. The van der Waals surface area contributed by atoms with E-state index < -0.39 is 0 Å². The number of rotatable bonds is 1. The van der Waals surface area contributed by atoms with Crippen LogP contribution < -0.4 is 5.56 Å². The molecule has 22 heavy (non-hydrogen) atoms. The first-order valence-corrected chi connectivity index (χ1v) is 9.06.